The van der Waals surface area contributed by atoms with Gasteiger partial charge in [-0.05, 0) is 12.1 Å². The molecule has 2 aromatic rings. The third-order valence-corrected chi connectivity index (χ3v) is 1.78. The number of rotatable bonds is 0. The molecule has 0 bridgehead atoms. The molecule has 1 aromatic heterocycles. The Bertz CT molecular complexity index is 434. The number of nitrogens with two attached hydrogens (primary N) is 2. The summed E-state index contributed by atoms with van der Waals surface area (Å²) in [4.78, 5) is 0.723. The molecule has 0 saturated heterocycles. The largest absolute Gasteiger partial charge is 0.411 e. The molecule has 62 valence electrons. The Hall–Kier alpha value is -1.91. The van der Waals surface area contributed by atoms with Gasteiger partial charge in [0.25, 0.3) is 0 Å². The van der Waals surface area contributed by atoms with Crippen molar-refractivity contribution in [2.24, 2.45) is 0 Å². The number of hydrogen-bond donors (Lipinski definition) is 3. The van der Waals surface area contributed by atoms with Crippen LogP contribution in [0.5, 0.6) is 0 Å². The van der Waals surface area contributed by atoms with Crippen LogP contribution in [0.3, 0.4) is 0 Å². The third-order valence-electron chi connectivity index (χ3n) is 1.78. The summed E-state index contributed by atoms with van der Waals surface area (Å²) < 4.78 is 0. The maximum atomic E-state index is 9.19. The molecule has 0 radical (unpaired) electrons. The van der Waals surface area contributed by atoms with Crippen molar-refractivity contribution in [1.29, 1.82) is 0 Å². The summed E-state index contributed by atoms with van der Waals surface area (Å²) in [5, 5.41) is 13.5. The molecule has 0 saturated carbocycles. The van der Waals surface area contributed by atoms with E-state index >= 15 is 0 Å². The van der Waals surface area contributed by atoms with Gasteiger partial charge in [0.2, 0.25) is 0 Å². The summed E-state index contributed by atoms with van der Waals surface area (Å²) in [6, 6.07) is 3.31. The predicted molar refractivity (Wildman–Crippen MR) is 45.7 cm³/mol. The molecule has 0 aliphatic heterocycles. The lowest BCUT2D eigenvalue weighted by Gasteiger charge is -1.99. The fourth-order valence-corrected chi connectivity index (χ4v) is 1.17. The maximum Gasteiger partial charge on any atom is 0.135 e. The Kier molecular flexibility index (Phi) is 1.15. The van der Waals surface area contributed by atoms with Crippen molar-refractivity contribution in [3.63, 3.8) is 0 Å². The highest BCUT2D eigenvalue weighted by Crippen LogP contribution is 2.24. The average Bonchev–Trinajstić information content (AvgIpc) is 2.42. The molecule has 1 aromatic carbocycles. The normalized spacial score (nSPS) is 10.7. The number of anilines is 2. The molecule has 0 spiro atoms. The standard InChI is InChI=1S/C7H8N4O/c8-5-1-2-6(9)7-4(5)3-10-11(7)12/h1-3,12H,8-9H2. The average molecular weight is 164 g/mol. The van der Waals surface area contributed by atoms with E-state index < -0.39 is 0 Å². The molecule has 1 heterocycles. The first kappa shape index (κ1) is 6.78. The van der Waals surface area contributed by atoms with Gasteiger partial charge in [0.1, 0.15) is 5.52 Å². The fraction of sp³-hybridized carbons (Fsp3) is 0. The van der Waals surface area contributed by atoms with Crippen molar-refractivity contribution < 1.29 is 5.21 Å². The molecule has 2 rings (SSSR count). The highest BCUT2D eigenvalue weighted by atomic mass is 16.5. The van der Waals surface area contributed by atoms with Crippen LogP contribution in [0.15, 0.2) is 18.3 Å². The number of fused-ring (bicyclic) bond motifs is 1. The molecule has 12 heavy (non-hydrogen) atoms. The monoisotopic (exact) mass is 164 g/mol. The van der Waals surface area contributed by atoms with Gasteiger partial charge in [-0.1, -0.05) is 4.85 Å². The Morgan fingerprint density at radius 2 is 1.92 bits per heavy atom. The van der Waals surface area contributed by atoms with Gasteiger partial charge in [-0.3, -0.25) is 0 Å². The van der Waals surface area contributed by atoms with Gasteiger partial charge in [0, 0.05) is 11.1 Å². The Balaban J connectivity index is 2.98. The molecule has 0 fully saturated rings. The first-order valence-electron chi connectivity index (χ1n) is 3.41. The van der Waals surface area contributed by atoms with Crippen molar-refractivity contribution in [2.75, 3.05) is 11.5 Å². The zero-order valence-electron chi connectivity index (χ0n) is 6.23. The van der Waals surface area contributed by atoms with E-state index in [2.05, 4.69) is 5.10 Å². The zero-order chi connectivity index (χ0) is 8.72. The molecule has 5 N–H and O–H groups in total. The second-order valence-corrected chi connectivity index (χ2v) is 2.54. The van der Waals surface area contributed by atoms with Crippen LogP contribution < -0.4 is 11.5 Å². The highest BCUT2D eigenvalue weighted by molar-refractivity contribution is 5.97. The number of nitrogen functional groups attached to an aromatic ring is 2. The number of aromatic nitrogens is 2. The summed E-state index contributed by atoms with van der Waals surface area (Å²) >= 11 is 0. The van der Waals surface area contributed by atoms with Gasteiger partial charge < -0.3 is 16.7 Å². The third kappa shape index (κ3) is 0.701. The number of hydrogen-bond acceptors (Lipinski definition) is 4. The first-order chi connectivity index (χ1) is 5.70. The molecular formula is C7H8N4O. The van der Waals surface area contributed by atoms with Crippen molar-refractivity contribution in [2.45, 2.75) is 0 Å². The molecule has 5 nitrogen and oxygen atoms in total. The van der Waals surface area contributed by atoms with E-state index in [1.54, 1.807) is 12.1 Å². The lowest BCUT2D eigenvalue weighted by molar-refractivity contribution is 0.161. The molecule has 0 atom stereocenters. The van der Waals surface area contributed by atoms with Crippen molar-refractivity contribution in [3.8, 4) is 0 Å². The summed E-state index contributed by atoms with van der Waals surface area (Å²) in [6.07, 6.45) is 1.47. The van der Waals surface area contributed by atoms with Gasteiger partial charge in [0.15, 0.2) is 0 Å². The topological polar surface area (TPSA) is 90.1 Å². The van der Waals surface area contributed by atoms with Crippen molar-refractivity contribution in [3.05, 3.63) is 18.3 Å². The van der Waals surface area contributed by atoms with Gasteiger partial charge in [0.05, 0.1) is 11.9 Å². The van der Waals surface area contributed by atoms with Crippen molar-refractivity contribution >= 4 is 22.3 Å². The minimum absolute atomic E-state index is 0.454. The van der Waals surface area contributed by atoms with Gasteiger partial charge in [-0.15, -0.1) is 5.10 Å². The minimum atomic E-state index is 0.454. The molecule has 0 aliphatic rings. The quantitative estimate of drug-likeness (QED) is 0.389. The zero-order valence-corrected chi connectivity index (χ0v) is 6.23. The van der Waals surface area contributed by atoms with Crippen LogP contribution in [0.1, 0.15) is 0 Å². The maximum absolute atomic E-state index is 9.19. The lowest BCUT2D eigenvalue weighted by atomic mass is 10.2. The molecule has 0 aliphatic carbocycles. The SMILES string of the molecule is Nc1ccc(N)c2c1cnn2O. The summed E-state index contributed by atoms with van der Waals surface area (Å²) in [6.45, 7) is 0. The highest BCUT2D eigenvalue weighted by Gasteiger charge is 2.07. The van der Waals surface area contributed by atoms with Crippen LogP contribution in [0.2, 0.25) is 0 Å². The Morgan fingerprint density at radius 1 is 1.25 bits per heavy atom. The van der Waals surface area contributed by atoms with Gasteiger partial charge >= 0.3 is 0 Å². The van der Waals surface area contributed by atoms with Gasteiger partial charge in [-0.2, -0.15) is 0 Å². The fourth-order valence-electron chi connectivity index (χ4n) is 1.17. The van der Waals surface area contributed by atoms with Crippen LogP contribution in [0.4, 0.5) is 11.4 Å². The van der Waals surface area contributed by atoms with E-state index in [1.807, 2.05) is 0 Å². The Morgan fingerprint density at radius 3 is 2.58 bits per heavy atom. The van der Waals surface area contributed by atoms with E-state index in [1.165, 1.54) is 6.20 Å². The second kappa shape index (κ2) is 2.04. The summed E-state index contributed by atoms with van der Waals surface area (Å²) in [7, 11) is 0. The number of benzene rings is 1. The van der Waals surface area contributed by atoms with E-state index in [0.29, 0.717) is 22.3 Å². The second-order valence-electron chi connectivity index (χ2n) is 2.54. The van der Waals surface area contributed by atoms with Crippen LogP contribution in [-0.2, 0) is 0 Å². The number of nitrogens with zero attached hydrogens (tertiary/aromatic N) is 2. The molecule has 0 unspecified atom stereocenters. The predicted octanol–water partition coefficient (Wildman–Crippen LogP) is 0.438. The van der Waals surface area contributed by atoms with E-state index in [-0.39, 0.29) is 0 Å². The van der Waals surface area contributed by atoms with E-state index in [0.717, 1.165) is 4.85 Å². The first-order valence-corrected chi connectivity index (χ1v) is 3.41. The molecule has 5 heteroatoms. The van der Waals surface area contributed by atoms with Crippen LogP contribution in [0.25, 0.3) is 10.9 Å². The Labute approximate surface area is 68.1 Å². The van der Waals surface area contributed by atoms with E-state index in [4.69, 9.17) is 11.5 Å². The summed E-state index contributed by atoms with van der Waals surface area (Å²) in [5.74, 6) is 0. The molecule has 0 amide bonds. The van der Waals surface area contributed by atoms with Crippen molar-refractivity contribution in [1.82, 2.24) is 9.94 Å². The summed E-state index contributed by atoms with van der Waals surface area (Å²) in [5.41, 5.74) is 12.7. The van der Waals surface area contributed by atoms with Crippen LogP contribution in [-0.4, -0.2) is 15.2 Å². The minimum Gasteiger partial charge on any atom is -0.411 e. The van der Waals surface area contributed by atoms with Crippen LogP contribution >= 0.6 is 0 Å². The van der Waals surface area contributed by atoms with Gasteiger partial charge in [-0.25, -0.2) is 0 Å². The lowest BCUT2D eigenvalue weighted by Crippen LogP contribution is -1.96. The molecular weight excluding hydrogens is 156 g/mol. The van der Waals surface area contributed by atoms with E-state index in [9.17, 15) is 5.21 Å². The smallest absolute Gasteiger partial charge is 0.135 e. The van der Waals surface area contributed by atoms with Crippen LogP contribution in [0, 0.1) is 0 Å².